The fraction of sp³-hybridized carbons (Fsp3) is 0.714. The summed E-state index contributed by atoms with van der Waals surface area (Å²) in [5, 5.41) is 8.02. The minimum Gasteiger partial charge on any atom is -0.370 e. The lowest BCUT2D eigenvalue weighted by molar-refractivity contribution is 0.104. The lowest BCUT2D eigenvalue weighted by atomic mass is 10.0. The molecule has 1 fully saturated rings. The van der Waals surface area contributed by atoms with Gasteiger partial charge in [-0.2, -0.15) is 0 Å². The van der Waals surface area contributed by atoms with E-state index in [0.717, 1.165) is 0 Å². The van der Waals surface area contributed by atoms with Crippen LogP contribution in [-0.2, 0) is 0 Å². The molecule has 2 aliphatic rings. The number of halogens is 4. The molecule has 3 unspecified atom stereocenters. The zero-order valence-electron chi connectivity index (χ0n) is 5.90. The van der Waals surface area contributed by atoms with E-state index in [2.05, 4.69) is 0 Å². The van der Waals surface area contributed by atoms with E-state index >= 15 is 0 Å². The zero-order valence-corrected chi connectivity index (χ0v) is 8.92. The van der Waals surface area contributed by atoms with E-state index in [0.29, 0.717) is 6.42 Å². The van der Waals surface area contributed by atoms with Crippen molar-refractivity contribution in [2.75, 3.05) is 0 Å². The summed E-state index contributed by atoms with van der Waals surface area (Å²) in [6, 6.07) is 0. The standard InChI is InChI=1S/C7H6Cl4O/c8-5-2-1-4(3-5)6(9,10)7(5,11)12/h1-2,4,12H,3H2. The van der Waals surface area contributed by atoms with Crippen molar-refractivity contribution in [1.82, 2.24) is 0 Å². The molecule has 2 aliphatic carbocycles. The Kier molecular flexibility index (Phi) is 1.78. The molecule has 0 heterocycles. The topological polar surface area (TPSA) is 20.2 Å². The summed E-state index contributed by atoms with van der Waals surface area (Å²) in [6.07, 6.45) is 3.95. The van der Waals surface area contributed by atoms with Crippen LogP contribution in [0.5, 0.6) is 0 Å². The number of hydrogen-bond acceptors (Lipinski definition) is 1. The van der Waals surface area contributed by atoms with Crippen molar-refractivity contribution in [3.63, 3.8) is 0 Å². The van der Waals surface area contributed by atoms with Gasteiger partial charge in [0, 0.05) is 5.92 Å². The first kappa shape index (κ1) is 9.42. The number of hydrogen-bond donors (Lipinski definition) is 1. The normalized spacial score (nSPS) is 54.9. The number of alkyl halides is 4. The highest BCUT2D eigenvalue weighted by Gasteiger charge is 2.71. The van der Waals surface area contributed by atoms with Crippen molar-refractivity contribution in [1.29, 1.82) is 0 Å². The van der Waals surface area contributed by atoms with E-state index in [-0.39, 0.29) is 5.92 Å². The molecule has 3 atom stereocenters. The van der Waals surface area contributed by atoms with Crippen molar-refractivity contribution in [3.05, 3.63) is 12.2 Å². The molecule has 68 valence electrons. The molecule has 2 bridgehead atoms. The van der Waals surface area contributed by atoms with E-state index in [1.54, 1.807) is 12.2 Å². The van der Waals surface area contributed by atoms with E-state index in [4.69, 9.17) is 46.4 Å². The van der Waals surface area contributed by atoms with Gasteiger partial charge in [0.1, 0.15) is 4.87 Å². The van der Waals surface area contributed by atoms with Gasteiger partial charge in [-0.15, -0.1) is 11.6 Å². The second-order valence-corrected chi connectivity index (χ2v) is 5.88. The second-order valence-electron chi connectivity index (χ2n) is 3.28. The van der Waals surface area contributed by atoms with Crippen LogP contribution in [0.15, 0.2) is 12.2 Å². The molecule has 5 heteroatoms. The van der Waals surface area contributed by atoms with Crippen LogP contribution in [0.1, 0.15) is 6.42 Å². The lowest BCUT2D eigenvalue weighted by Crippen LogP contribution is -2.51. The summed E-state index contributed by atoms with van der Waals surface area (Å²) in [5.74, 6) is -0.166. The highest BCUT2D eigenvalue weighted by Crippen LogP contribution is 2.65. The fourth-order valence-electron chi connectivity index (χ4n) is 1.74. The van der Waals surface area contributed by atoms with Gasteiger partial charge in [-0.1, -0.05) is 47.0 Å². The summed E-state index contributed by atoms with van der Waals surface area (Å²) >= 11 is 23.6. The van der Waals surface area contributed by atoms with Gasteiger partial charge >= 0.3 is 0 Å². The lowest BCUT2D eigenvalue weighted by Gasteiger charge is -2.37. The minimum atomic E-state index is -1.77. The molecular weight excluding hydrogens is 242 g/mol. The van der Waals surface area contributed by atoms with E-state index in [9.17, 15) is 5.11 Å². The van der Waals surface area contributed by atoms with Gasteiger partial charge in [0.2, 0.25) is 0 Å². The van der Waals surface area contributed by atoms with E-state index < -0.39 is 14.3 Å². The van der Waals surface area contributed by atoms with Gasteiger partial charge in [-0.05, 0) is 6.42 Å². The van der Waals surface area contributed by atoms with Crippen molar-refractivity contribution in [2.24, 2.45) is 5.92 Å². The Labute approximate surface area is 90.2 Å². The number of rotatable bonds is 0. The summed E-state index contributed by atoms with van der Waals surface area (Å²) in [5.41, 5.74) is 0. The maximum atomic E-state index is 9.79. The summed E-state index contributed by atoms with van der Waals surface area (Å²) < 4.78 is -1.38. The Morgan fingerprint density at radius 1 is 1.25 bits per heavy atom. The molecule has 2 rings (SSSR count). The molecule has 0 aromatic rings. The molecule has 1 nitrogen and oxygen atoms in total. The second kappa shape index (κ2) is 2.26. The monoisotopic (exact) mass is 246 g/mol. The largest absolute Gasteiger partial charge is 0.370 e. The SMILES string of the molecule is OC1(Cl)C2(Cl)C=CC(C2)C1(Cl)Cl. The maximum absolute atomic E-state index is 9.79. The van der Waals surface area contributed by atoms with Crippen molar-refractivity contribution in [2.45, 2.75) is 20.7 Å². The van der Waals surface area contributed by atoms with Crippen LogP contribution in [0.3, 0.4) is 0 Å². The molecule has 12 heavy (non-hydrogen) atoms. The summed E-state index contributed by atoms with van der Waals surface area (Å²) in [7, 11) is 0. The van der Waals surface area contributed by atoms with Gasteiger partial charge in [0.15, 0.2) is 9.39 Å². The Hall–Kier alpha value is 0.860. The van der Waals surface area contributed by atoms with Crippen LogP contribution in [0.4, 0.5) is 0 Å². The van der Waals surface area contributed by atoms with E-state index in [1.165, 1.54) is 0 Å². The third-order valence-electron chi connectivity index (χ3n) is 2.57. The van der Waals surface area contributed by atoms with Crippen LogP contribution in [0.2, 0.25) is 0 Å². The Balaban J connectivity index is 2.54. The molecule has 1 saturated carbocycles. The third kappa shape index (κ3) is 0.821. The quantitative estimate of drug-likeness (QED) is 0.516. The van der Waals surface area contributed by atoms with Crippen molar-refractivity contribution in [3.8, 4) is 0 Å². The first-order chi connectivity index (χ1) is 5.31. The molecule has 0 spiro atoms. The Bertz CT molecular complexity index is 260. The predicted molar refractivity (Wildman–Crippen MR) is 51.1 cm³/mol. The molecule has 0 radical (unpaired) electrons. The summed E-state index contributed by atoms with van der Waals surface area (Å²) in [4.78, 5) is -1.01. The van der Waals surface area contributed by atoms with Crippen molar-refractivity contribution < 1.29 is 5.11 Å². The molecule has 1 N–H and O–H groups in total. The van der Waals surface area contributed by atoms with Gasteiger partial charge in [0.05, 0.1) is 0 Å². The fourth-order valence-corrected chi connectivity index (χ4v) is 3.14. The van der Waals surface area contributed by atoms with Gasteiger partial charge in [-0.3, -0.25) is 0 Å². The highest BCUT2D eigenvalue weighted by atomic mass is 35.5. The maximum Gasteiger partial charge on any atom is 0.195 e. The Morgan fingerprint density at radius 3 is 2.08 bits per heavy atom. The molecule has 0 saturated heterocycles. The van der Waals surface area contributed by atoms with Crippen LogP contribution in [0, 0.1) is 5.92 Å². The molecule has 0 aromatic carbocycles. The third-order valence-corrected chi connectivity index (χ3v) is 5.15. The van der Waals surface area contributed by atoms with Gasteiger partial charge in [-0.25, -0.2) is 0 Å². The van der Waals surface area contributed by atoms with Crippen LogP contribution in [-0.4, -0.2) is 19.4 Å². The number of allylic oxidation sites excluding steroid dienone is 1. The first-order valence-electron chi connectivity index (χ1n) is 3.49. The van der Waals surface area contributed by atoms with Crippen LogP contribution in [0.25, 0.3) is 0 Å². The molecule has 0 amide bonds. The first-order valence-corrected chi connectivity index (χ1v) is 5.00. The van der Waals surface area contributed by atoms with E-state index in [1.807, 2.05) is 0 Å². The van der Waals surface area contributed by atoms with Gasteiger partial charge < -0.3 is 5.11 Å². The van der Waals surface area contributed by atoms with Crippen LogP contribution < -0.4 is 0 Å². The molecular formula is C7H6Cl4O. The Morgan fingerprint density at radius 2 is 1.83 bits per heavy atom. The zero-order chi connectivity index (χ0) is 9.20. The molecule has 0 aliphatic heterocycles. The van der Waals surface area contributed by atoms with Gasteiger partial charge in [0.25, 0.3) is 0 Å². The molecule has 0 aromatic heterocycles. The smallest absolute Gasteiger partial charge is 0.195 e. The minimum absolute atomic E-state index is 0.166. The average molecular weight is 248 g/mol. The predicted octanol–water partition coefficient (Wildman–Crippen LogP) is 2.66. The average Bonchev–Trinajstić information content (AvgIpc) is 2.36. The van der Waals surface area contributed by atoms with Crippen LogP contribution >= 0.6 is 46.4 Å². The highest BCUT2D eigenvalue weighted by molar-refractivity contribution is 6.56. The summed E-state index contributed by atoms with van der Waals surface area (Å²) in [6.45, 7) is 0. The number of aliphatic hydroxyl groups is 1. The van der Waals surface area contributed by atoms with Crippen molar-refractivity contribution >= 4 is 46.4 Å². The number of fused-ring (bicyclic) bond motifs is 2.